The second kappa shape index (κ2) is 7.32. The van der Waals surface area contributed by atoms with Crippen LogP contribution in [-0.4, -0.2) is 58.9 Å². The van der Waals surface area contributed by atoms with Crippen LogP contribution in [-0.2, 0) is 11.3 Å². The van der Waals surface area contributed by atoms with Crippen LogP contribution in [0, 0.1) is 0 Å². The maximum atomic E-state index is 11.7. The fourth-order valence-corrected chi connectivity index (χ4v) is 3.41. The number of likely N-dealkylation sites (tertiary alicyclic amines) is 1. The molecule has 1 aliphatic rings. The molecule has 1 aromatic rings. The van der Waals surface area contributed by atoms with E-state index in [1.807, 2.05) is 39.0 Å². The molecule has 5 heteroatoms. The average Bonchev–Trinajstić information content (AvgIpc) is 2.48. The molecule has 1 aliphatic heterocycles. The Balaban J connectivity index is 2.08. The first-order chi connectivity index (χ1) is 10.8. The van der Waals surface area contributed by atoms with Crippen LogP contribution in [0.2, 0.25) is 0 Å². The van der Waals surface area contributed by atoms with Crippen molar-refractivity contribution in [3.8, 4) is 0 Å². The lowest BCUT2D eigenvalue weighted by Crippen LogP contribution is -2.61. The number of rotatable bonds is 4. The molecule has 128 valence electrons. The minimum absolute atomic E-state index is 0.107. The van der Waals surface area contributed by atoms with Crippen LogP contribution in [0.4, 0.5) is 4.79 Å². The molecule has 0 saturated carbocycles. The quantitative estimate of drug-likeness (QED) is 0.926. The van der Waals surface area contributed by atoms with Crippen LogP contribution in [0.5, 0.6) is 0 Å². The largest absolute Gasteiger partial charge is 0.465 e. The van der Waals surface area contributed by atoms with E-state index < -0.39 is 11.6 Å². The Morgan fingerprint density at radius 3 is 2.52 bits per heavy atom. The molecular formula is C18H28N2O3. The molecule has 1 heterocycles. The van der Waals surface area contributed by atoms with Gasteiger partial charge in [0.05, 0.1) is 12.1 Å². The van der Waals surface area contributed by atoms with Gasteiger partial charge in [-0.05, 0) is 32.8 Å². The smallest absolute Gasteiger partial charge is 0.408 e. The molecule has 0 bridgehead atoms. The van der Waals surface area contributed by atoms with Crippen molar-refractivity contribution in [3.05, 3.63) is 35.9 Å². The van der Waals surface area contributed by atoms with Crippen LogP contribution < -0.4 is 0 Å². The van der Waals surface area contributed by atoms with E-state index in [1.165, 1.54) is 5.56 Å². The number of piperidine rings is 1. The lowest BCUT2D eigenvalue weighted by atomic mass is 9.94. The van der Waals surface area contributed by atoms with Gasteiger partial charge in [-0.15, -0.1) is 0 Å². The van der Waals surface area contributed by atoms with Gasteiger partial charge < -0.3 is 9.84 Å². The van der Waals surface area contributed by atoms with Crippen LogP contribution >= 0.6 is 0 Å². The topological polar surface area (TPSA) is 53.0 Å². The fourth-order valence-electron chi connectivity index (χ4n) is 3.41. The Hall–Kier alpha value is -1.59. The van der Waals surface area contributed by atoms with Crippen molar-refractivity contribution in [3.63, 3.8) is 0 Å². The maximum Gasteiger partial charge on any atom is 0.408 e. The highest BCUT2D eigenvalue weighted by Gasteiger charge is 2.40. The highest BCUT2D eigenvalue weighted by Crippen LogP contribution is 2.27. The summed E-state index contributed by atoms with van der Waals surface area (Å²) in [6.07, 6.45) is -0.196. The lowest BCUT2D eigenvalue weighted by molar-refractivity contribution is -0.0556. The number of carbonyl (C=O) groups is 1. The molecule has 2 rings (SSSR count). The Bertz CT molecular complexity index is 513. The maximum absolute atomic E-state index is 11.7. The number of amides is 1. The van der Waals surface area contributed by atoms with Crippen LogP contribution in [0.15, 0.2) is 30.3 Å². The van der Waals surface area contributed by atoms with Gasteiger partial charge in [-0.3, -0.25) is 9.80 Å². The van der Waals surface area contributed by atoms with E-state index in [-0.39, 0.29) is 12.1 Å². The zero-order valence-electron chi connectivity index (χ0n) is 14.5. The number of carboxylic acid groups (broad SMARTS) is 1. The molecule has 0 aromatic heterocycles. The van der Waals surface area contributed by atoms with Gasteiger partial charge in [-0.2, -0.15) is 0 Å². The summed E-state index contributed by atoms with van der Waals surface area (Å²) in [5, 5.41) is 9.63. The van der Waals surface area contributed by atoms with E-state index in [9.17, 15) is 9.90 Å². The second-order valence-electron chi connectivity index (χ2n) is 7.17. The molecule has 1 saturated heterocycles. The first kappa shape index (κ1) is 17.8. The molecule has 1 fully saturated rings. The molecule has 5 nitrogen and oxygen atoms in total. The molecule has 1 aromatic carbocycles. The van der Waals surface area contributed by atoms with Crippen molar-refractivity contribution >= 4 is 6.09 Å². The molecule has 23 heavy (non-hydrogen) atoms. The Kier molecular flexibility index (Phi) is 5.65. The first-order valence-electron chi connectivity index (χ1n) is 8.14. The summed E-state index contributed by atoms with van der Waals surface area (Å²) in [7, 11) is 1.67. The molecular weight excluding hydrogens is 292 g/mol. The molecule has 1 amide bonds. The van der Waals surface area contributed by atoms with E-state index in [4.69, 9.17) is 4.74 Å². The van der Waals surface area contributed by atoms with Crippen molar-refractivity contribution in [1.82, 2.24) is 9.80 Å². The van der Waals surface area contributed by atoms with Gasteiger partial charge in [0.2, 0.25) is 0 Å². The SMILES string of the molecule is CO[C@@H]1CN(Cc2ccccc2)CC[C@@H]1N(C(=O)O)C(C)(C)C. The van der Waals surface area contributed by atoms with Crippen molar-refractivity contribution in [2.45, 2.75) is 51.4 Å². The van der Waals surface area contributed by atoms with Crippen LogP contribution in [0.3, 0.4) is 0 Å². The zero-order chi connectivity index (χ0) is 17.0. The molecule has 0 aliphatic carbocycles. The molecule has 0 spiro atoms. The van der Waals surface area contributed by atoms with E-state index in [2.05, 4.69) is 17.0 Å². The summed E-state index contributed by atoms with van der Waals surface area (Å²) in [5.74, 6) is 0. The predicted molar refractivity (Wildman–Crippen MR) is 90.5 cm³/mol. The monoisotopic (exact) mass is 320 g/mol. The van der Waals surface area contributed by atoms with Gasteiger partial charge in [0.15, 0.2) is 0 Å². The number of hydrogen-bond donors (Lipinski definition) is 1. The Morgan fingerprint density at radius 1 is 1.35 bits per heavy atom. The highest BCUT2D eigenvalue weighted by molar-refractivity contribution is 5.66. The predicted octanol–water partition coefficient (Wildman–Crippen LogP) is 3.05. The lowest BCUT2D eigenvalue weighted by Gasteiger charge is -2.47. The summed E-state index contributed by atoms with van der Waals surface area (Å²) in [6.45, 7) is 8.30. The van der Waals surface area contributed by atoms with E-state index in [0.29, 0.717) is 0 Å². The third-order valence-corrected chi connectivity index (χ3v) is 4.42. The molecule has 1 N–H and O–H groups in total. The van der Waals surface area contributed by atoms with Gasteiger partial charge in [-0.25, -0.2) is 4.79 Å². The molecule has 2 atom stereocenters. The van der Waals surface area contributed by atoms with Crippen molar-refractivity contribution in [1.29, 1.82) is 0 Å². The van der Waals surface area contributed by atoms with Crippen LogP contribution in [0.25, 0.3) is 0 Å². The van der Waals surface area contributed by atoms with Crippen molar-refractivity contribution in [2.75, 3.05) is 20.2 Å². The van der Waals surface area contributed by atoms with E-state index in [0.717, 1.165) is 26.1 Å². The number of methoxy groups -OCH3 is 1. The summed E-state index contributed by atoms with van der Waals surface area (Å²) in [4.78, 5) is 15.6. The van der Waals surface area contributed by atoms with Gasteiger partial charge >= 0.3 is 6.09 Å². The second-order valence-corrected chi connectivity index (χ2v) is 7.17. The van der Waals surface area contributed by atoms with Crippen molar-refractivity contribution < 1.29 is 14.6 Å². The minimum Gasteiger partial charge on any atom is -0.465 e. The standard InChI is InChI=1S/C18H28N2O3/c1-18(2,3)20(17(21)22)15-10-11-19(13-16(15)23-4)12-14-8-6-5-7-9-14/h5-9,15-16H,10-13H2,1-4H3,(H,21,22)/t15-,16+/m0/s1. The first-order valence-corrected chi connectivity index (χ1v) is 8.14. The fraction of sp³-hybridized carbons (Fsp3) is 0.611. The van der Waals surface area contributed by atoms with Gasteiger partial charge in [0.1, 0.15) is 0 Å². The van der Waals surface area contributed by atoms with Gasteiger partial charge in [0, 0.05) is 32.3 Å². The number of ether oxygens (including phenoxy) is 1. The third-order valence-electron chi connectivity index (χ3n) is 4.42. The summed E-state index contributed by atoms with van der Waals surface area (Å²) in [5.41, 5.74) is 0.834. The minimum atomic E-state index is -0.874. The Labute approximate surface area is 138 Å². The number of nitrogens with zero attached hydrogens (tertiary/aromatic N) is 2. The van der Waals surface area contributed by atoms with E-state index >= 15 is 0 Å². The Morgan fingerprint density at radius 2 is 2.00 bits per heavy atom. The summed E-state index contributed by atoms with van der Waals surface area (Å²) < 4.78 is 5.65. The summed E-state index contributed by atoms with van der Waals surface area (Å²) in [6, 6.07) is 10.2. The van der Waals surface area contributed by atoms with Crippen LogP contribution in [0.1, 0.15) is 32.8 Å². The number of hydrogen-bond acceptors (Lipinski definition) is 3. The molecule has 0 radical (unpaired) electrons. The molecule has 0 unspecified atom stereocenters. The third kappa shape index (κ3) is 4.45. The summed E-state index contributed by atoms with van der Waals surface area (Å²) >= 11 is 0. The van der Waals surface area contributed by atoms with Gasteiger partial charge in [-0.1, -0.05) is 30.3 Å². The highest BCUT2D eigenvalue weighted by atomic mass is 16.5. The zero-order valence-corrected chi connectivity index (χ0v) is 14.5. The normalized spacial score (nSPS) is 22.8. The van der Waals surface area contributed by atoms with E-state index in [1.54, 1.807) is 12.0 Å². The van der Waals surface area contributed by atoms with Crippen molar-refractivity contribution in [2.24, 2.45) is 0 Å². The van der Waals surface area contributed by atoms with Gasteiger partial charge in [0.25, 0.3) is 0 Å². The average molecular weight is 320 g/mol. The number of benzene rings is 1.